The highest BCUT2D eigenvalue weighted by molar-refractivity contribution is 7.90. The quantitative estimate of drug-likeness (QED) is 0.782. The molecule has 144 valence electrons. The van der Waals surface area contributed by atoms with E-state index >= 15 is 0 Å². The minimum absolute atomic E-state index is 0.0168. The Labute approximate surface area is 158 Å². The van der Waals surface area contributed by atoms with Crippen LogP contribution in [-0.2, 0) is 21.2 Å². The second kappa shape index (κ2) is 8.06. The number of hydrogen-bond donors (Lipinski definition) is 2. The summed E-state index contributed by atoms with van der Waals surface area (Å²) in [5.74, 6) is 0.627. The Morgan fingerprint density at radius 3 is 2.81 bits per heavy atom. The van der Waals surface area contributed by atoms with Gasteiger partial charge in [-0.25, -0.2) is 13.4 Å². The summed E-state index contributed by atoms with van der Waals surface area (Å²) in [4.78, 5) is 16.7. The third-order valence-electron chi connectivity index (χ3n) is 4.60. The molecule has 0 saturated heterocycles. The maximum absolute atomic E-state index is 12.3. The van der Waals surface area contributed by atoms with E-state index in [0.29, 0.717) is 23.6 Å². The second-order valence-electron chi connectivity index (χ2n) is 6.80. The number of hydrogen-bond acceptors (Lipinski definition) is 6. The van der Waals surface area contributed by atoms with Gasteiger partial charge in [0, 0.05) is 36.5 Å². The van der Waals surface area contributed by atoms with Crippen molar-refractivity contribution in [1.29, 1.82) is 0 Å². The largest absolute Gasteiger partial charge is 0.439 e. The summed E-state index contributed by atoms with van der Waals surface area (Å²) >= 11 is 0. The molecule has 2 atom stereocenters. The van der Waals surface area contributed by atoms with Gasteiger partial charge < -0.3 is 15.8 Å². The molecule has 3 rings (SSSR count). The number of nitrogens with two attached hydrogens (primary N) is 1. The van der Waals surface area contributed by atoms with Gasteiger partial charge in [0.25, 0.3) is 0 Å². The van der Waals surface area contributed by atoms with E-state index in [9.17, 15) is 13.2 Å². The number of nitrogens with one attached hydrogen (secondary N) is 1. The van der Waals surface area contributed by atoms with E-state index in [1.807, 2.05) is 6.07 Å². The van der Waals surface area contributed by atoms with Crippen molar-refractivity contribution >= 4 is 15.7 Å². The Kier molecular flexibility index (Phi) is 5.76. The smallest absolute Gasteiger partial charge is 0.224 e. The topological polar surface area (TPSA) is 111 Å². The Hall–Kier alpha value is -2.45. The highest BCUT2D eigenvalue weighted by atomic mass is 32.2. The summed E-state index contributed by atoms with van der Waals surface area (Å²) in [6.07, 6.45) is 5.11. The van der Waals surface area contributed by atoms with Crippen LogP contribution in [0, 0.1) is 5.92 Å². The van der Waals surface area contributed by atoms with E-state index in [-0.39, 0.29) is 29.3 Å². The van der Waals surface area contributed by atoms with Gasteiger partial charge in [-0.05, 0) is 43.5 Å². The maximum Gasteiger partial charge on any atom is 0.224 e. The van der Waals surface area contributed by atoms with Crippen molar-refractivity contribution in [3.8, 4) is 11.6 Å². The fourth-order valence-corrected chi connectivity index (χ4v) is 3.77. The first-order valence-electron chi connectivity index (χ1n) is 8.78. The maximum atomic E-state index is 12.3. The first-order chi connectivity index (χ1) is 12.8. The second-order valence-corrected chi connectivity index (χ2v) is 8.82. The van der Waals surface area contributed by atoms with Crippen molar-refractivity contribution in [2.75, 3.05) is 6.26 Å². The van der Waals surface area contributed by atoms with Crippen LogP contribution in [-0.4, -0.2) is 31.6 Å². The van der Waals surface area contributed by atoms with Gasteiger partial charge in [-0.2, -0.15) is 0 Å². The monoisotopic (exact) mass is 389 g/mol. The van der Waals surface area contributed by atoms with Crippen LogP contribution in [0.15, 0.2) is 47.5 Å². The average Bonchev–Trinajstić information content (AvgIpc) is 3.07. The lowest BCUT2D eigenvalue weighted by atomic mass is 10.1. The molecule has 1 aliphatic carbocycles. The molecule has 1 saturated carbocycles. The number of ether oxygens (including phenoxy) is 1. The molecular formula is C19H23N3O4S. The molecule has 27 heavy (non-hydrogen) atoms. The zero-order chi connectivity index (χ0) is 19.4. The van der Waals surface area contributed by atoms with E-state index in [0.717, 1.165) is 19.1 Å². The van der Waals surface area contributed by atoms with Gasteiger partial charge in [-0.3, -0.25) is 4.79 Å². The van der Waals surface area contributed by atoms with Crippen LogP contribution in [0.5, 0.6) is 11.6 Å². The number of nitrogens with zero attached hydrogens (tertiary/aromatic N) is 1. The molecule has 0 spiro atoms. The summed E-state index contributed by atoms with van der Waals surface area (Å²) in [6.45, 7) is 0.277. The third kappa shape index (κ3) is 5.05. The van der Waals surface area contributed by atoms with E-state index in [1.165, 1.54) is 12.1 Å². The van der Waals surface area contributed by atoms with E-state index in [1.54, 1.807) is 24.4 Å². The standard InChI is InChI=1S/C19H23N3O4S/c1-27(24,25)17-6-2-5-16(11-17)26-19-14(4-3-9-21-19)12-22-18(23)13-7-8-15(20)10-13/h2-6,9,11,13,15H,7-8,10,12,20H2,1H3,(H,22,23). The number of carbonyl (C=O) groups is 1. The number of pyridine rings is 1. The van der Waals surface area contributed by atoms with Crippen LogP contribution >= 0.6 is 0 Å². The predicted octanol–water partition coefficient (Wildman–Crippen LogP) is 2.02. The molecule has 2 aromatic rings. The van der Waals surface area contributed by atoms with Crippen LogP contribution in [0.1, 0.15) is 24.8 Å². The summed E-state index contributed by atoms with van der Waals surface area (Å²) in [5, 5.41) is 2.91. The molecule has 2 unspecified atom stereocenters. The Balaban J connectivity index is 1.70. The molecular weight excluding hydrogens is 366 g/mol. The number of aromatic nitrogens is 1. The van der Waals surface area contributed by atoms with Crippen molar-refractivity contribution in [2.24, 2.45) is 11.7 Å². The highest BCUT2D eigenvalue weighted by Crippen LogP contribution is 2.26. The van der Waals surface area contributed by atoms with Gasteiger partial charge in [0.15, 0.2) is 9.84 Å². The van der Waals surface area contributed by atoms with Gasteiger partial charge in [0.2, 0.25) is 11.8 Å². The van der Waals surface area contributed by atoms with Crippen LogP contribution in [0.2, 0.25) is 0 Å². The zero-order valence-electron chi connectivity index (χ0n) is 15.1. The van der Waals surface area contributed by atoms with Crippen LogP contribution < -0.4 is 15.8 Å². The van der Waals surface area contributed by atoms with Crippen molar-refractivity contribution in [1.82, 2.24) is 10.3 Å². The van der Waals surface area contributed by atoms with Gasteiger partial charge in [0.1, 0.15) is 5.75 Å². The summed E-state index contributed by atoms with van der Waals surface area (Å²) in [7, 11) is -3.33. The van der Waals surface area contributed by atoms with E-state index < -0.39 is 9.84 Å². The normalized spacial score (nSPS) is 19.6. The lowest BCUT2D eigenvalue weighted by Gasteiger charge is -2.13. The molecule has 0 bridgehead atoms. The Morgan fingerprint density at radius 2 is 2.11 bits per heavy atom. The van der Waals surface area contributed by atoms with Crippen LogP contribution in [0.4, 0.5) is 0 Å². The molecule has 0 radical (unpaired) electrons. The fourth-order valence-electron chi connectivity index (χ4n) is 3.11. The molecule has 7 nitrogen and oxygen atoms in total. The van der Waals surface area contributed by atoms with Gasteiger partial charge in [-0.1, -0.05) is 12.1 Å². The highest BCUT2D eigenvalue weighted by Gasteiger charge is 2.27. The SMILES string of the molecule is CS(=O)(=O)c1cccc(Oc2ncccc2CNC(=O)C2CCC(N)C2)c1. The zero-order valence-corrected chi connectivity index (χ0v) is 15.9. The molecule has 1 fully saturated rings. The molecule has 1 aliphatic rings. The van der Waals surface area contributed by atoms with E-state index in [4.69, 9.17) is 10.5 Å². The van der Waals surface area contributed by atoms with Crippen LogP contribution in [0.25, 0.3) is 0 Å². The number of rotatable bonds is 6. The molecule has 1 aromatic heterocycles. The van der Waals surface area contributed by atoms with Crippen LogP contribution in [0.3, 0.4) is 0 Å². The Bertz CT molecular complexity index is 930. The summed E-state index contributed by atoms with van der Waals surface area (Å²) in [6, 6.07) is 9.89. The number of carbonyl (C=O) groups excluding carboxylic acids is 1. The minimum Gasteiger partial charge on any atom is -0.439 e. The molecule has 3 N–H and O–H groups in total. The molecule has 1 aromatic carbocycles. The Morgan fingerprint density at radius 1 is 1.30 bits per heavy atom. The van der Waals surface area contributed by atoms with Crippen molar-refractivity contribution in [2.45, 2.75) is 36.7 Å². The number of sulfone groups is 1. The summed E-state index contributed by atoms with van der Waals surface area (Å²) in [5.41, 5.74) is 6.58. The van der Waals surface area contributed by atoms with Gasteiger partial charge >= 0.3 is 0 Å². The third-order valence-corrected chi connectivity index (χ3v) is 5.71. The number of benzene rings is 1. The van der Waals surface area contributed by atoms with Crippen molar-refractivity contribution in [3.63, 3.8) is 0 Å². The molecule has 8 heteroatoms. The van der Waals surface area contributed by atoms with Gasteiger partial charge in [0.05, 0.1) is 4.90 Å². The minimum atomic E-state index is -3.33. The predicted molar refractivity (Wildman–Crippen MR) is 101 cm³/mol. The lowest BCUT2D eigenvalue weighted by molar-refractivity contribution is -0.125. The molecule has 1 amide bonds. The van der Waals surface area contributed by atoms with Gasteiger partial charge in [-0.15, -0.1) is 0 Å². The number of amides is 1. The lowest BCUT2D eigenvalue weighted by Crippen LogP contribution is -2.30. The average molecular weight is 389 g/mol. The fraction of sp³-hybridized carbons (Fsp3) is 0.368. The molecule has 1 heterocycles. The van der Waals surface area contributed by atoms with Crippen molar-refractivity contribution < 1.29 is 17.9 Å². The van der Waals surface area contributed by atoms with E-state index in [2.05, 4.69) is 10.3 Å². The molecule has 0 aliphatic heterocycles. The summed E-state index contributed by atoms with van der Waals surface area (Å²) < 4.78 is 29.2. The van der Waals surface area contributed by atoms with Crippen molar-refractivity contribution in [3.05, 3.63) is 48.2 Å². The first kappa shape index (κ1) is 19.3. The first-order valence-corrected chi connectivity index (χ1v) is 10.7.